The molecule has 0 bridgehead atoms. The minimum Gasteiger partial charge on any atom is -2.00 e. The van der Waals surface area contributed by atoms with Crippen molar-refractivity contribution in [2.24, 2.45) is 0 Å². The molecule has 0 fully saturated rings. The second-order valence-corrected chi connectivity index (χ2v) is 0. The summed E-state index contributed by atoms with van der Waals surface area (Å²) < 4.78 is 0. The summed E-state index contributed by atoms with van der Waals surface area (Å²) in [7, 11) is 0. The quantitative estimate of drug-likeness (QED) is 0.219. The van der Waals surface area contributed by atoms with Crippen molar-refractivity contribution in [1.29, 1.82) is 0 Å². The van der Waals surface area contributed by atoms with Crippen molar-refractivity contribution < 1.29 is 151 Å². The molecule has 0 aromatic carbocycles. The first-order valence-corrected chi connectivity index (χ1v) is 0. The number of hydrogen-bond donors (Lipinski definition) is 0. The van der Waals surface area contributed by atoms with Crippen LogP contribution in [0.5, 0.6) is 0 Å². The summed E-state index contributed by atoms with van der Waals surface area (Å²) in [6.07, 6.45) is 0. The molecule has 14 nitrogen and oxygen atoms in total. The van der Waals surface area contributed by atoms with Crippen LogP contribution in [0.25, 0.3) is 0 Å². The topological polar surface area (TPSA) is 399 Å². The van der Waals surface area contributed by atoms with Crippen molar-refractivity contribution in [3.05, 3.63) is 0 Å². The molecule has 0 aromatic heterocycles. The zero-order valence-corrected chi connectivity index (χ0v) is 29.8. The van der Waals surface area contributed by atoms with Gasteiger partial charge in [-0.2, -0.15) is 0 Å². The molecule has 0 unspecified atom stereocenters. The molecule has 0 atom stereocenters. The van der Waals surface area contributed by atoms with E-state index >= 15 is 0 Å². The van der Waals surface area contributed by atoms with Crippen LogP contribution in [0.15, 0.2) is 0 Å². The first-order chi connectivity index (χ1) is 0. The number of rotatable bonds is 0. The Morgan fingerprint density at radius 1 is 0.136 bits per heavy atom. The molecule has 0 aromatic rings. The first kappa shape index (κ1) is 413. The Kier molecular flexibility index (Phi) is 6970. The molecule has 22 heavy (non-hydrogen) atoms. The Morgan fingerprint density at radius 2 is 0.136 bits per heavy atom. The van der Waals surface area contributed by atoms with E-state index in [4.69, 9.17) is 0 Å². The van der Waals surface area contributed by atoms with Crippen LogP contribution >= 0.6 is 0 Å². The van der Waals surface area contributed by atoms with Gasteiger partial charge in [0, 0.05) is 74.2 Å². The van der Waals surface area contributed by atoms with Crippen molar-refractivity contribution in [3.8, 4) is 0 Å². The predicted octanol–water partition coefficient (Wildman–Crippen LogP) is -3.20. The maximum absolute atomic E-state index is 0. The van der Waals surface area contributed by atoms with Crippen LogP contribution in [0.1, 0.15) is 0 Å². The van der Waals surface area contributed by atoms with Gasteiger partial charge in [-0.15, -0.1) is 0 Å². The normalized spacial score (nSPS) is 0. The van der Waals surface area contributed by atoms with E-state index in [1.54, 1.807) is 0 Å². The molecule has 0 saturated carbocycles. The Bertz CT molecular complexity index is 28.8. The van der Waals surface area contributed by atoms with E-state index in [-0.39, 0.29) is 333 Å². The minimum absolute atomic E-state index is 0. The van der Waals surface area contributed by atoms with Crippen LogP contribution in [0.3, 0.4) is 0 Å². The van der Waals surface area contributed by atoms with Crippen molar-refractivity contribution in [2.75, 3.05) is 0 Å². The van der Waals surface area contributed by atoms with Crippen LogP contribution in [-0.4, -0.2) is 182 Å². The fourth-order valence-corrected chi connectivity index (χ4v) is 0. The molecule has 0 aliphatic rings. The maximum Gasteiger partial charge on any atom is 2.00 e. The zero-order valence-electron chi connectivity index (χ0n) is 10.3. The van der Waals surface area contributed by atoms with Gasteiger partial charge in [0.15, 0.2) is 0 Å². The third-order valence-corrected chi connectivity index (χ3v) is 0. The van der Waals surface area contributed by atoms with Crippen LogP contribution in [-0.2, 0) is 151 Å². The van der Waals surface area contributed by atoms with E-state index in [9.17, 15) is 0 Å². The third kappa shape index (κ3) is 333. The van der Waals surface area contributed by atoms with Gasteiger partial charge in [-0.25, -0.2) is 0 Å². The molecule has 0 rings (SSSR count). The Morgan fingerprint density at radius 3 is 0.136 bits per heavy atom. The summed E-state index contributed by atoms with van der Waals surface area (Å²) in [4.78, 5) is 0. The minimum atomic E-state index is 0. The van der Waals surface area contributed by atoms with Crippen molar-refractivity contribution in [1.82, 2.24) is 0 Å². The first-order valence-electron chi connectivity index (χ1n) is 0. The van der Waals surface area contributed by atoms with E-state index < -0.39 is 0 Å². The molecule has 0 saturated heterocycles. The zero-order chi connectivity index (χ0) is 0. The second-order valence-electron chi connectivity index (χ2n) is 0. The molecule has 0 aliphatic carbocycles. The maximum atomic E-state index is 0. The SMILES string of the molecule is [O-2].[O-2].[O-2].[O-2].[O-2].[O-2].[O-2].[O-2].[O-2].[O-2].[O-2].[O-2].[O-2].[O-2].[Sr+2].[Sr+2].[Sr+2].[Sr+2].[V].[V].[V].[V]. The van der Waals surface area contributed by atoms with Crippen molar-refractivity contribution >= 4 is 182 Å². The van der Waals surface area contributed by atoms with E-state index in [0.29, 0.717) is 0 Å². The molecule has 0 amide bonds. The average molecular weight is 778 g/mol. The van der Waals surface area contributed by atoms with Crippen molar-refractivity contribution in [2.45, 2.75) is 0 Å². The summed E-state index contributed by atoms with van der Waals surface area (Å²) >= 11 is 0. The second kappa shape index (κ2) is 371. The summed E-state index contributed by atoms with van der Waals surface area (Å²) in [5, 5.41) is 0. The largest absolute Gasteiger partial charge is 2.00 e. The van der Waals surface area contributed by atoms with E-state index in [1.807, 2.05) is 0 Å². The van der Waals surface area contributed by atoms with Crippen LogP contribution in [0, 0.1) is 0 Å². The van der Waals surface area contributed by atoms with Gasteiger partial charge >= 0.3 is 182 Å². The van der Waals surface area contributed by atoms with Crippen molar-refractivity contribution in [3.63, 3.8) is 0 Å². The molecule has 4 radical (unpaired) electrons. The van der Waals surface area contributed by atoms with Gasteiger partial charge in [0.05, 0.1) is 0 Å². The summed E-state index contributed by atoms with van der Waals surface area (Å²) in [5.74, 6) is 0. The van der Waals surface area contributed by atoms with Gasteiger partial charge in [0.2, 0.25) is 0 Å². The van der Waals surface area contributed by atoms with Gasteiger partial charge < -0.3 is 76.7 Å². The van der Waals surface area contributed by atoms with E-state index in [1.165, 1.54) is 0 Å². The molecule has 0 N–H and O–H groups in total. The van der Waals surface area contributed by atoms with Gasteiger partial charge in [-0.05, 0) is 0 Å². The summed E-state index contributed by atoms with van der Waals surface area (Å²) in [6.45, 7) is 0. The molecule has 22 heteroatoms. The Hall–Kier alpha value is 7.70. The fourth-order valence-electron chi connectivity index (χ4n) is 0. The van der Waals surface area contributed by atoms with Gasteiger partial charge in [-0.3, -0.25) is 0 Å². The summed E-state index contributed by atoms with van der Waals surface area (Å²) in [5.41, 5.74) is 0. The van der Waals surface area contributed by atoms with Crippen LogP contribution in [0.2, 0.25) is 0 Å². The van der Waals surface area contributed by atoms with Crippen LogP contribution in [0.4, 0.5) is 0 Å². The smallest absolute Gasteiger partial charge is 2.00 e. The van der Waals surface area contributed by atoms with E-state index in [0.717, 1.165) is 0 Å². The summed E-state index contributed by atoms with van der Waals surface area (Å²) in [6, 6.07) is 0. The molecule has 0 aliphatic heterocycles. The molecule has 0 heterocycles. The molecule has 0 spiro atoms. The number of hydrogen-bond acceptors (Lipinski definition) is 0. The predicted molar refractivity (Wildman–Crippen MR) is 32.6 cm³/mol. The fraction of sp³-hybridized carbons (Fsp3) is 0. The molecular formula is O14Sr4V4-20. The van der Waals surface area contributed by atoms with Crippen LogP contribution < -0.4 is 0 Å². The molecule has 132 valence electrons. The van der Waals surface area contributed by atoms with Gasteiger partial charge in [0.25, 0.3) is 0 Å². The third-order valence-electron chi connectivity index (χ3n) is 0. The van der Waals surface area contributed by atoms with Gasteiger partial charge in [0.1, 0.15) is 0 Å². The standard InChI is InChI=1S/14O.4Sr.4V/q14*-2;4*+2;;;;. The van der Waals surface area contributed by atoms with E-state index in [2.05, 4.69) is 0 Å². The molecular weight excluding hydrogens is 778 g/mol. The average Bonchev–Trinajstić information content (AvgIpc) is 0. The Balaban J connectivity index is 0. The van der Waals surface area contributed by atoms with Gasteiger partial charge in [-0.1, -0.05) is 0 Å². The monoisotopic (exact) mass is 779 g/mol. The Labute approximate surface area is 324 Å².